The van der Waals surface area contributed by atoms with E-state index in [2.05, 4.69) is 31.2 Å². The highest BCUT2D eigenvalue weighted by molar-refractivity contribution is 9.10. The van der Waals surface area contributed by atoms with E-state index in [9.17, 15) is 9.90 Å². The Labute approximate surface area is 112 Å². The standard InChI is InChI=1S/C12H10BrN3O2/c13-10-6-15-11(7-14-10)16-12(18)5-8-3-1-2-4-9(8)17/h1-4,6-7,17H,5H2,(H,15,16,18). The summed E-state index contributed by atoms with van der Waals surface area (Å²) in [6, 6.07) is 6.71. The number of nitrogens with one attached hydrogen (secondary N) is 1. The molecule has 18 heavy (non-hydrogen) atoms. The van der Waals surface area contributed by atoms with Crippen molar-refractivity contribution in [3.63, 3.8) is 0 Å². The summed E-state index contributed by atoms with van der Waals surface area (Å²) in [5.74, 6) is 0.223. The molecule has 0 bridgehead atoms. The average Bonchev–Trinajstić information content (AvgIpc) is 2.35. The molecule has 0 atom stereocenters. The van der Waals surface area contributed by atoms with Gasteiger partial charge in [0.05, 0.1) is 18.8 Å². The highest BCUT2D eigenvalue weighted by Gasteiger charge is 2.08. The molecule has 0 radical (unpaired) electrons. The maximum atomic E-state index is 11.7. The lowest BCUT2D eigenvalue weighted by atomic mass is 10.1. The van der Waals surface area contributed by atoms with Gasteiger partial charge in [-0.1, -0.05) is 18.2 Å². The Balaban J connectivity index is 2.01. The molecule has 0 saturated heterocycles. The van der Waals surface area contributed by atoms with Gasteiger partial charge in [0, 0.05) is 5.56 Å². The fraction of sp³-hybridized carbons (Fsp3) is 0.0833. The van der Waals surface area contributed by atoms with Gasteiger partial charge in [-0.25, -0.2) is 9.97 Å². The molecule has 0 aliphatic carbocycles. The number of amides is 1. The Morgan fingerprint density at radius 3 is 2.72 bits per heavy atom. The number of nitrogens with zero attached hydrogens (tertiary/aromatic N) is 2. The third kappa shape index (κ3) is 3.27. The Kier molecular flexibility index (Phi) is 3.88. The van der Waals surface area contributed by atoms with E-state index in [0.717, 1.165) is 0 Å². The van der Waals surface area contributed by atoms with Crippen LogP contribution in [0, 0.1) is 0 Å². The van der Waals surface area contributed by atoms with Gasteiger partial charge in [-0.05, 0) is 22.0 Å². The minimum Gasteiger partial charge on any atom is -0.508 e. The van der Waals surface area contributed by atoms with Gasteiger partial charge >= 0.3 is 0 Å². The quantitative estimate of drug-likeness (QED) is 0.911. The second kappa shape index (κ2) is 5.59. The Morgan fingerprint density at radius 2 is 2.06 bits per heavy atom. The van der Waals surface area contributed by atoms with Crippen LogP contribution < -0.4 is 5.32 Å². The van der Waals surface area contributed by atoms with Crippen LogP contribution in [0.2, 0.25) is 0 Å². The molecule has 0 unspecified atom stereocenters. The molecule has 0 aliphatic heterocycles. The predicted molar refractivity (Wildman–Crippen MR) is 70.2 cm³/mol. The average molecular weight is 308 g/mol. The van der Waals surface area contributed by atoms with E-state index in [0.29, 0.717) is 16.0 Å². The van der Waals surface area contributed by atoms with Crippen molar-refractivity contribution in [3.8, 4) is 5.75 Å². The number of rotatable bonds is 3. The molecular weight excluding hydrogens is 298 g/mol. The van der Waals surface area contributed by atoms with E-state index in [1.807, 2.05) is 0 Å². The molecule has 2 N–H and O–H groups in total. The number of phenols is 1. The minimum absolute atomic E-state index is 0.0877. The second-order valence-corrected chi connectivity index (χ2v) is 4.39. The first-order valence-electron chi connectivity index (χ1n) is 5.19. The highest BCUT2D eigenvalue weighted by Crippen LogP contribution is 2.16. The van der Waals surface area contributed by atoms with E-state index in [-0.39, 0.29) is 18.1 Å². The summed E-state index contributed by atoms with van der Waals surface area (Å²) in [5, 5.41) is 12.1. The van der Waals surface area contributed by atoms with Crippen LogP contribution in [0.4, 0.5) is 5.82 Å². The fourth-order valence-corrected chi connectivity index (χ4v) is 1.60. The van der Waals surface area contributed by atoms with Crippen molar-refractivity contribution in [1.29, 1.82) is 0 Å². The molecule has 1 aromatic carbocycles. The lowest BCUT2D eigenvalue weighted by Gasteiger charge is -2.05. The summed E-state index contributed by atoms with van der Waals surface area (Å²) in [6.07, 6.45) is 3.03. The summed E-state index contributed by atoms with van der Waals surface area (Å²) >= 11 is 3.16. The summed E-state index contributed by atoms with van der Waals surface area (Å²) < 4.78 is 0.598. The Bertz CT molecular complexity index is 558. The molecule has 5 nitrogen and oxygen atoms in total. The summed E-state index contributed by atoms with van der Waals surface area (Å²) in [4.78, 5) is 19.6. The topological polar surface area (TPSA) is 75.1 Å². The second-order valence-electron chi connectivity index (χ2n) is 3.58. The number of hydrogen-bond acceptors (Lipinski definition) is 4. The van der Waals surface area contributed by atoms with Gasteiger partial charge in [0.25, 0.3) is 0 Å². The number of carbonyl (C=O) groups is 1. The minimum atomic E-state index is -0.256. The number of phenolic OH excluding ortho intramolecular Hbond substituents is 1. The van der Waals surface area contributed by atoms with Gasteiger partial charge in [-0.3, -0.25) is 4.79 Å². The first kappa shape index (κ1) is 12.5. The van der Waals surface area contributed by atoms with Gasteiger partial charge in [0.1, 0.15) is 10.4 Å². The molecule has 0 spiro atoms. The number of hydrogen-bond donors (Lipinski definition) is 2. The molecule has 0 fully saturated rings. The molecule has 1 amide bonds. The molecule has 92 valence electrons. The van der Waals surface area contributed by atoms with Crippen molar-refractivity contribution in [2.24, 2.45) is 0 Å². The number of anilines is 1. The predicted octanol–water partition coefficient (Wildman–Crippen LogP) is 2.13. The molecular formula is C12H10BrN3O2. The number of carbonyl (C=O) groups excluding carboxylic acids is 1. The van der Waals surface area contributed by atoms with E-state index >= 15 is 0 Å². The molecule has 1 heterocycles. The van der Waals surface area contributed by atoms with Crippen molar-refractivity contribution in [2.45, 2.75) is 6.42 Å². The normalized spacial score (nSPS) is 10.1. The molecule has 1 aromatic heterocycles. The molecule has 0 aliphatic rings. The van der Waals surface area contributed by atoms with Crippen molar-refractivity contribution >= 4 is 27.7 Å². The van der Waals surface area contributed by atoms with Crippen molar-refractivity contribution in [2.75, 3.05) is 5.32 Å². The number of aromatic hydroxyl groups is 1. The van der Waals surface area contributed by atoms with Crippen molar-refractivity contribution < 1.29 is 9.90 Å². The van der Waals surface area contributed by atoms with Crippen molar-refractivity contribution in [3.05, 3.63) is 46.8 Å². The summed E-state index contributed by atoms with van der Waals surface area (Å²) in [6.45, 7) is 0. The van der Waals surface area contributed by atoms with Gasteiger partial charge in [-0.2, -0.15) is 0 Å². The van der Waals surface area contributed by atoms with E-state index in [1.165, 1.54) is 12.4 Å². The zero-order valence-electron chi connectivity index (χ0n) is 9.30. The van der Waals surface area contributed by atoms with Gasteiger partial charge in [0.15, 0.2) is 5.82 Å². The Hall–Kier alpha value is -1.95. The highest BCUT2D eigenvalue weighted by atomic mass is 79.9. The van der Waals surface area contributed by atoms with E-state index in [1.54, 1.807) is 24.3 Å². The van der Waals surface area contributed by atoms with Crippen LogP contribution in [0.25, 0.3) is 0 Å². The maximum Gasteiger partial charge on any atom is 0.230 e. The number of halogens is 1. The third-order valence-electron chi connectivity index (χ3n) is 2.23. The van der Waals surface area contributed by atoms with Crippen molar-refractivity contribution in [1.82, 2.24) is 9.97 Å². The number of benzene rings is 1. The summed E-state index contributed by atoms with van der Waals surface area (Å²) in [5.41, 5.74) is 0.570. The summed E-state index contributed by atoms with van der Waals surface area (Å²) in [7, 11) is 0. The fourth-order valence-electron chi connectivity index (χ4n) is 1.40. The lowest BCUT2D eigenvalue weighted by molar-refractivity contribution is -0.115. The zero-order chi connectivity index (χ0) is 13.0. The maximum absolute atomic E-state index is 11.7. The monoisotopic (exact) mass is 307 g/mol. The van der Waals surface area contributed by atoms with Gasteiger partial charge in [-0.15, -0.1) is 0 Å². The zero-order valence-corrected chi connectivity index (χ0v) is 10.9. The number of para-hydroxylation sites is 1. The van der Waals surface area contributed by atoms with Crippen LogP contribution in [-0.4, -0.2) is 21.0 Å². The largest absolute Gasteiger partial charge is 0.508 e. The smallest absolute Gasteiger partial charge is 0.230 e. The van der Waals surface area contributed by atoms with E-state index < -0.39 is 0 Å². The van der Waals surface area contributed by atoms with Gasteiger partial charge < -0.3 is 10.4 Å². The van der Waals surface area contributed by atoms with Gasteiger partial charge in [0.2, 0.25) is 5.91 Å². The third-order valence-corrected chi connectivity index (χ3v) is 2.64. The Morgan fingerprint density at radius 1 is 1.28 bits per heavy atom. The van der Waals surface area contributed by atoms with Crippen LogP contribution in [0.5, 0.6) is 5.75 Å². The molecule has 6 heteroatoms. The van der Waals surface area contributed by atoms with E-state index in [4.69, 9.17) is 0 Å². The van der Waals surface area contributed by atoms with Crippen LogP contribution >= 0.6 is 15.9 Å². The van der Waals surface area contributed by atoms with Crippen LogP contribution in [0.3, 0.4) is 0 Å². The molecule has 2 rings (SSSR count). The van der Waals surface area contributed by atoms with Crippen LogP contribution in [0.1, 0.15) is 5.56 Å². The SMILES string of the molecule is O=C(Cc1ccccc1O)Nc1cnc(Br)cn1. The van der Waals surface area contributed by atoms with Crippen LogP contribution in [0.15, 0.2) is 41.3 Å². The van der Waals surface area contributed by atoms with Crippen LogP contribution in [-0.2, 0) is 11.2 Å². The number of aromatic nitrogens is 2. The first-order chi connectivity index (χ1) is 8.65. The molecule has 2 aromatic rings. The lowest BCUT2D eigenvalue weighted by Crippen LogP contribution is -2.15. The first-order valence-corrected chi connectivity index (χ1v) is 5.99. The molecule has 0 saturated carbocycles.